The summed E-state index contributed by atoms with van der Waals surface area (Å²) in [7, 11) is 0. The average Bonchev–Trinajstić information content (AvgIpc) is 2.87. The van der Waals surface area contributed by atoms with E-state index in [0.29, 0.717) is 17.9 Å². The van der Waals surface area contributed by atoms with Gasteiger partial charge in [-0.3, -0.25) is 4.40 Å². The van der Waals surface area contributed by atoms with Crippen LogP contribution in [0.3, 0.4) is 0 Å². The number of carboxylic acid groups (broad SMARTS) is 1. The van der Waals surface area contributed by atoms with E-state index < -0.39 is 5.97 Å². The van der Waals surface area contributed by atoms with Gasteiger partial charge in [0.25, 0.3) is 0 Å². The SMILES string of the molecule is Cc1cccc(OCc2cn3c(C(=O)O)cccc3n2)c1. The van der Waals surface area contributed by atoms with Crippen LogP contribution in [0.15, 0.2) is 48.7 Å². The molecule has 3 aromatic rings. The monoisotopic (exact) mass is 282 g/mol. The third-order valence-electron chi connectivity index (χ3n) is 3.14. The maximum atomic E-state index is 11.2. The number of carboxylic acids is 1. The number of ether oxygens (including phenoxy) is 1. The maximum absolute atomic E-state index is 11.2. The van der Waals surface area contributed by atoms with Crippen LogP contribution in [0.1, 0.15) is 21.7 Å². The Morgan fingerprint density at radius 3 is 2.86 bits per heavy atom. The molecule has 1 N–H and O–H groups in total. The van der Waals surface area contributed by atoms with Crippen LogP contribution in [0.5, 0.6) is 5.75 Å². The van der Waals surface area contributed by atoms with Gasteiger partial charge in [0.05, 0.1) is 5.69 Å². The van der Waals surface area contributed by atoms with Crippen molar-refractivity contribution in [3.63, 3.8) is 0 Å². The molecule has 5 heteroatoms. The van der Waals surface area contributed by atoms with Crippen LogP contribution in [-0.2, 0) is 6.61 Å². The van der Waals surface area contributed by atoms with Crippen molar-refractivity contribution in [2.75, 3.05) is 0 Å². The Kier molecular flexibility index (Phi) is 3.31. The summed E-state index contributed by atoms with van der Waals surface area (Å²) in [6, 6.07) is 12.7. The van der Waals surface area contributed by atoms with Gasteiger partial charge in [-0.25, -0.2) is 9.78 Å². The number of carbonyl (C=O) groups is 1. The number of aromatic carboxylic acids is 1. The minimum atomic E-state index is -0.982. The first-order valence-corrected chi connectivity index (χ1v) is 6.53. The molecule has 0 amide bonds. The molecule has 0 aliphatic carbocycles. The van der Waals surface area contributed by atoms with Crippen LogP contribution in [0.4, 0.5) is 0 Å². The molecule has 2 aromatic heterocycles. The zero-order valence-corrected chi connectivity index (χ0v) is 11.5. The Balaban J connectivity index is 1.85. The average molecular weight is 282 g/mol. The Morgan fingerprint density at radius 1 is 1.29 bits per heavy atom. The summed E-state index contributed by atoms with van der Waals surface area (Å²) in [6.07, 6.45) is 1.69. The number of aromatic nitrogens is 2. The van der Waals surface area contributed by atoms with E-state index in [1.807, 2.05) is 31.2 Å². The third-order valence-corrected chi connectivity index (χ3v) is 3.14. The second-order valence-corrected chi connectivity index (χ2v) is 4.78. The van der Waals surface area contributed by atoms with E-state index in [4.69, 9.17) is 9.84 Å². The highest BCUT2D eigenvalue weighted by Crippen LogP contribution is 2.15. The number of imidazole rings is 1. The highest BCUT2D eigenvalue weighted by Gasteiger charge is 2.10. The van der Waals surface area contributed by atoms with Crippen molar-refractivity contribution in [3.05, 3.63) is 65.6 Å². The fourth-order valence-electron chi connectivity index (χ4n) is 2.17. The smallest absolute Gasteiger partial charge is 0.352 e. The van der Waals surface area contributed by atoms with Crippen molar-refractivity contribution in [3.8, 4) is 5.75 Å². The number of aryl methyl sites for hydroxylation is 1. The van der Waals surface area contributed by atoms with Crippen molar-refractivity contribution in [1.82, 2.24) is 9.38 Å². The molecule has 106 valence electrons. The van der Waals surface area contributed by atoms with E-state index >= 15 is 0 Å². The Bertz CT molecular complexity index is 808. The van der Waals surface area contributed by atoms with Gasteiger partial charge in [0.2, 0.25) is 0 Å². The molecule has 0 aliphatic rings. The largest absolute Gasteiger partial charge is 0.487 e. The molecule has 2 heterocycles. The summed E-state index contributed by atoms with van der Waals surface area (Å²) in [5.74, 6) is -0.213. The molecular weight excluding hydrogens is 268 g/mol. The zero-order valence-electron chi connectivity index (χ0n) is 11.5. The molecule has 3 rings (SSSR count). The van der Waals surface area contributed by atoms with E-state index in [1.54, 1.807) is 28.8 Å². The molecule has 0 atom stereocenters. The van der Waals surface area contributed by atoms with Crippen molar-refractivity contribution in [1.29, 1.82) is 0 Å². The second-order valence-electron chi connectivity index (χ2n) is 4.78. The molecule has 21 heavy (non-hydrogen) atoms. The lowest BCUT2D eigenvalue weighted by molar-refractivity contribution is 0.0689. The van der Waals surface area contributed by atoms with Gasteiger partial charge < -0.3 is 9.84 Å². The maximum Gasteiger partial charge on any atom is 0.352 e. The molecule has 0 fully saturated rings. The molecule has 0 saturated heterocycles. The van der Waals surface area contributed by atoms with Gasteiger partial charge in [-0.1, -0.05) is 18.2 Å². The molecule has 1 aromatic carbocycles. The lowest BCUT2D eigenvalue weighted by atomic mass is 10.2. The van der Waals surface area contributed by atoms with E-state index in [1.165, 1.54) is 0 Å². The summed E-state index contributed by atoms with van der Waals surface area (Å²) >= 11 is 0. The summed E-state index contributed by atoms with van der Waals surface area (Å²) in [5.41, 5.74) is 2.58. The van der Waals surface area contributed by atoms with E-state index in [2.05, 4.69) is 4.98 Å². The molecule has 0 saturated carbocycles. The first-order valence-electron chi connectivity index (χ1n) is 6.53. The van der Waals surface area contributed by atoms with E-state index in [-0.39, 0.29) is 5.69 Å². The molecule has 0 spiro atoms. The lowest BCUT2D eigenvalue weighted by Gasteiger charge is -2.04. The number of hydrogen-bond donors (Lipinski definition) is 1. The summed E-state index contributed by atoms with van der Waals surface area (Å²) in [4.78, 5) is 15.5. The van der Waals surface area contributed by atoms with Gasteiger partial charge in [-0.2, -0.15) is 0 Å². The normalized spacial score (nSPS) is 10.7. The highest BCUT2D eigenvalue weighted by molar-refractivity contribution is 5.86. The fourth-order valence-corrected chi connectivity index (χ4v) is 2.17. The Labute approximate surface area is 121 Å². The van der Waals surface area contributed by atoms with E-state index in [0.717, 1.165) is 11.3 Å². The number of fused-ring (bicyclic) bond motifs is 1. The standard InChI is InChI=1S/C16H14N2O3/c1-11-4-2-5-13(8-11)21-10-12-9-18-14(16(19)20)6-3-7-15(18)17-12/h2-9H,10H2,1H3,(H,19,20). The number of benzene rings is 1. The van der Waals surface area contributed by atoms with Crippen LogP contribution in [0.25, 0.3) is 5.65 Å². The van der Waals surface area contributed by atoms with Gasteiger partial charge in [0.15, 0.2) is 0 Å². The fraction of sp³-hybridized carbons (Fsp3) is 0.125. The first-order chi connectivity index (χ1) is 10.1. The Morgan fingerprint density at radius 2 is 2.10 bits per heavy atom. The highest BCUT2D eigenvalue weighted by atomic mass is 16.5. The van der Waals surface area contributed by atoms with Crippen molar-refractivity contribution in [2.45, 2.75) is 13.5 Å². The molecule has 0 aliphatic heterocycles. The molecule has 0 unspecified atom stereocenters. The predicted molar refractivity (Wildman–Crippen MR) is 77.7 cm³/mol. The summed E-state index contributed by atoms with van der Waals surface area (Å²) in [6.45, 7) is 2.29. The van der Waals surface area contributed by atoms with Crippen LogP contribution in [0.2, 0.25) is 0 Å². The molecule has 0 radical (unpaired) electrons. The summed E-state index contributed by atoms with van der Waals surface area (Å²) in [5, 5.41) is 9.15. The second kappa shape index (κ2) is 5.28. The van der Waals surface area contributed by atoms with Crippen LogP contribution in [-0.4, -0.2) is 20.5 Å². The molecule has 5 nitrogen and oxygen atoms in total. The van der Waals surface area contributed by atoms with Crippen molar-refractivity contribution < 1.29 is 14.6 Å². The molecular formula is C16H14N2O3. The quantitative estimate of drug-likeness (QED) is 0.799. The van der Waals surface area contributed by atoms with Gasteiger partial charge in [-0.15, -0.1) is 0 Å². The van der Waals surface area contributed by atoms with Crippen LogP contribution >= 0.6 is 0 Å². The number of rotatable bonds is 4. The zero-order chi connectivity index (χ0) is 14.8. The molecule has 0 bridgehead atoms. The van der Waals surface area contributed by atoms with Crippen LogP contribution in [0, 0.1) is 6.92 Å². The lowest BCUT2D eigenvalue weighted by Crippen LogP contribution is -2.03. The third kappa shape index (κ3) is 2.72. The number of pyridine rings is 1. The number of hydrogen-bond acceptors (Lipinski definition) is 3. The van der Waals surface area contributed by atoms with Crippen molar-refractivity contribution >= 4 is 11.6 Å². The summed E-state index contributed by atoms with van der Waals surface area (Å²) < 4.78 is 7.23. The first kappa shape index (κ1) is 13.2. The topological polar surface area (TPSA) is 63.8 Å². The minimum Gasteiger partial charge on any atom is -0.487 e. The van der Waals surface area contributed by atoms with Gasteiger partial charge in [-0.05, 0) is 36.8 Å². The van der Waals surface area contributed by atoms with Crippen molar-refractivity contribution in [2.24, 2.45) is 0 Å². The van der Waals surface area contributed by atoms with E-state index in [9.17, 15) is 4.79 Å². The van der Waals surface area contributed by atoms with Gasteiger partial charge in [0.1, 0.15) is 23.7 Å². The minimum absolute atomic E-state index is 0.182. The Hall–Kier alpha value is -2.82. The van der Waals surface area contributed by atoms with Gasteiger partial charge >= 0.3 is 5.97 Å². The van der Waals surface area contributed by atoms with Gasteiger partial charge in [0, 0.05) is 6.20 Å². The van der Waals surface area contributed by atoms with Crippen LogP contribution < -0.4 is 4.74 Å². The number of nitrogens with zero attached hydrogens (tertiary/aromatic N) is 2. The predicted octanol–water partition coefficient (Wildman–Crippen LogP) is 2.92.